The molecule has 3 heterocycles. The number of pyridine rings is 1. The Balaban J connectivity index is 1.13. The van der Waals surface area contributed by atoms with Gasteiger partial charge in [0.2, 0.25) is 5.88 Å². The zero-order chi connectivity index (χ0) is 23.5. The number of halogens is 1. The number of aromatic nitrogens is 3. The van der Waals surface area contributed by atoms with Gasteiger partial charge in [-0.2, -0.15) is 0 Å². The molecule has 0 bridgehead atoms. The van der Waals surface area contributed by atoms with E-state index < -0.39 is 0 Å². The molecule has 0 spiro atoms. The van der Waals surface area contributed by atoms with E-state index in [0.717, 1.165) is 36.8 Å². The van der Waals surface area contributed by atoms with Crippen LogP contribution >= 0.6 is 0 Å². The molecule has 0 unspecified atom stereocenters. The lowest BCUT2D eigenvalue weighted by atomic mass is 9.91. The molecule has 0 radical (unpaired) electrons. The second kappa shape index (κ2) is 9.86. The van der Waals surface area contributed by atoms with Gasteiger partial charge in [0.25, 0.3) is 11.8 Å². The fraction of sp³-hybridized carbons (Fsp3) is 0.417. The van der Waals surface area contributed by atoms with E-state index in [0.29, 0.717) is 53.8 Å². The first-order valence-corrected chi connectivity index (χ1v) is 11.5. The van der Waals surface area contributed by atoms with E-state index in [1.165, 1.54) is 6.07 Å². The van der Waals surface area contributed by atoms with E-state index in [2.05, 4.69) is 30.9 Å². The van der Waals surface area contributed by atoms with Crippen LogP contribution in [0.5, 0.6) is 11.8 Å². The molecule has 5 rings (SSSR count). The van der Waals surface area contributed by atoms with Crippen molar-refractivity contribution in [3.8, 4) is 11.8 Å². The Hall–Kier alpha value is -3.37. The summed E-state index contributed by atoms with van der Waals surface area (Å²) in [6.07, 6.45) is 5.64. The highest BCUT2D eigenvalue weighted by Crippen LogP contribution is 2.25. The van der Waals surface area contributed by atoms with E-state index in [9.17, 15) is 9.18 Å². The third-order valence-electron chi connectivity index (χ3n) is 6.35. The number of hydrogen-bond acceptors (Lipinski definition) is 8. The second-order valence-electron chi connectivity index (χ2n) is 8.61. The maximum atomic E-state index is 14.6. The molecule has 3 N–H and O–H groups in total. The molecule has 2 aliphatic rings. The number of anilines is 1. The first kappa shape index (κ1) is 22.4. The van der Waals surface area contributed by atoms with Crippen LogP contribution in [-0.2, 0) is 17.9 Å². The van der Waals surface area contributed by atoms with Crippen LogP contribution in [0.25, 0.3) is 10.9 Å². The Labute approximate surface area is 196 Å². The van der Waals surface area contributed by atoms with Crippen LogP contribution in [0.3, 0.4) is 0 Å². The number of rotatable bonds is 7. The summed E-state index contributed by atoms with van der Waals surface area (Å²) in [5.74, 6) is 0.715. The molecule has 10 heteroatoms. The molecule has 1 aromatic carbocycles. The van der Waals surface area contributed by atoms with Crippen molar-refractivity contribution in [2.45, 2.75) is 50.9 Å². The van der Waals surface area contributed by atoms with E-state index >= 15 is 0 Å². The van der Waals surface area contributed by atoms with Crippen LogP contribution in [0.4, 0.5) is 10.2 Å². The number of carbonyl (C=O) groups is 1. The molecule has 3 aromatic rings. The number of nitrogens with one attached hydrogen (secondary N) is 3. The average Bonchev–Trinajstić information content (AvgIpc) is 2.87. The van der Waals surface area contributed by atoms with Gasteiger partial charge in [-0.3, -0.25) is 4.79 Å². The fourth-order valence-electron chi connectivity index (χ4n) is 4.47. The molecule has 2 aromatic heterocycles. The van der Waals surface area contributed by atoms with Gasteiger partial charge in [-0.25, -0.2) is 19.3 Å². The van der Waals surface area contributed by atoms with E-state index in [1.807, 2.05) is 6.07 Å². The summed E-state index contributed by atoms with van der Waals surface area (Å²) >= 11 is 0. The number of fused-ring (bicyclic) bond motifs is 2. The zero-order valence-corrected chi connectivity index (χ0v) is 18.9. The van der Waals surface area contributed by atoms with Crippen LogP contribution in [0, 0.1) is 5.82 Å². The second-order valence-corrected chi connectivity index (χ2v) is 8.61. The number of hydrogen-bond donors (Lipinski definition) is 3. The van der Waals surface area contributed by atoms with Gasteiger partial charge in [-0.1, -0.05) is 0 Å². The summed E-state index contributed by atoms with van der Waals surface area (Å²) in [5.41, 5.74) is 1.95. The van der Waals surface area contributed by atoms with Crippen LogP contribution in [-0.4, -0.2) is 46.7 Å². The summed E-state index contributed by atoms with van der Waals surface area (Å²) in [6.45, 7) is 0.951. The van der Waals surface area contributed by atoms with E-state index in [1.54, 1.807) is 25.4 Å². The predicted molar refractivity (Wildman–Crippen MR) is 124 cm³/mol. The fourth-order valence-corrected chi connectivity index (χ4v) is 4.47. The molecule has 0 saturated heterocycles. The first-order valence-electron chi connectivity index (χ1n) is 11.5. The highest BCUT2D eigenvalue weighted by atomic mass is 19.1. The molecule has 178 valence electrons. The summed E-state index contributed by atoms with van der Waals surface area (Å²) in [6, 6.07) is 7.59. The van der Waals surface area contributed by atoms with Gasteiger partial charge in [-0.05, 0) is 43.9 Å². The quantitative estimate of drug-likeness (QED) is 0.488. The van der Waals surface area contributed by atoms with Crippen molar-refractivity contribution in [1.29, 1.82) is 0 Å². The molecule has 34 heavy (non-hydrogen) atoms. The Morgan fingerprint density at radius 1 is 1.09 bits per heavy atom. The number of methoxy groups -OCH3 is 1. The van der Waals surface area contributed by atoms with Crippen molar-refractivity contribution in [2.24, 2.45) is 0 Å². The highest BCUT2D eigenvalue weighted by molar-refractivity contribution is 5.93. The molecule has 9 nitrogen and oxygen atoms in total. The molecule has 1 aliphatic heterocycles. The predicted octanol–water partition coefficient (Wildman–Crippen LogP) is 2.69. The summed E-state index contributed by atoms with van der Waals surface area (Å²) in [4.78, 5) is 24.6. The minimum Gasteiger partial charge on any atom is -0.481 e. The molecule has 1 aliphatic carbocycles. The van der Waals surface area contributed by atoms with Gasteiger partial charge in [0.1, 0.15) is 5.82 Å². The Kier molecular flexibility index (Phi) is 6.50. The lowest BCUT2D eigenvalue weighted by Crippen LogP contribution is -2.39. The van der Waals surface area contributed by atoms with Crippen molar-refractivity contribution in [3.63, 3.8) is 0 Å². The van der Waals surface area contributed by atoms with Crippen LogP contribution in [0.1, 0.15) is 36.9 Å². The molecular weight excluding hydrogens is 439 g/mol. The normalized spacial score (nSPS) is 19.9. The van der Waals surface area contributed by atoms with Gasteiger partial charge in [0, 0.05) is 42.2 Å². The lowest BCUT2D eigenvalue weighted by molar-refractivity contribution is -0.118. The van der Waals surface area contributed by atoms with Crippen molar-refractivity contribution < 1.29 is 18.7 Å². The monoisotopic (exact) mass is 466 g/mol. The number of ether oxygens (including phenoxy) is 2. The number of amides is 1. The number of nitrogens with zero attached hydrogens (tertiary/aromatic N) is 3. The third-order valence-corrected chi connectivity index (χ3v) is 6.35. The van der Waals surface area contributed by atoms with Gasteiger partial charge >= 0.3 is 0 Å². The Bertz CT molecular complexity index is 1200. The van der Waals surface area contributed by atoms with Gasteiger partial charge in [0.05, 0.1) is 24.5 Å². The number of carbonyl (C=O) groups excluding carboxylic acids is 1. The van der Waals surface area contributed by atoms with Gasteiger partial charge in [-0.15, -0.1) is 0 Å². The summed E-state index contributed by atoms with van der Waals surface area (Å²) in [5, 5.41) is 10.6. The Morgan fingerprint density at radius 2 is 1.82 bits per heavy atom. The van der Waals surface area contributed by atoms with Crippen LogP contribution < -0.4 is 25.4 Å². The van der Waals surface area contributed by atoms with Crippen molar-refractivity contribution in [3.05, 3.63) is 47.5 Å². The van der Waals surface area contributed by atoms with Crippen molar-refractivity contribution in [1.82, 2.24) is 25.6 Å². The molecule has 1 amide bonds. The largest absolute Gasteiger partial charge is 0.481 e. The van der Waals surface area contributed by atoms with E-state index in [4.69, 9.17) is 9.47 Å². The lowest BCUT2D eigenvalue weighted by Gasteiger charge is -2.30. The SMILES string of the molecule is COc1ccc2ccc(F)c(CNC3CCC(NCc4cnc5c(n4)NC(=O)CO5)CC3)c2n1. The maximum Gasteiger partial charge on any atom is 0.263 e. The highest BCUT2D eigenvalue weighted by Gasteiger charge is 2.23. The summed E-state index contributed by atoms with van der Waals surface area (Å²) < 4.78 is 25.1. The van der Waals surface area contributed by atoms with Crippen molar-refractivity contribution in [2.75, 3.05) is 19.0 Å². The van der Waals surface area contributed by atoms with E-state index in [-0.39, 0.29) is 18.3 Å². The molecule has 1 fully saturated rings. The maximum absolute atomic E-state index is 14.6. The molecule has 0 atom stereocenters. The summed E-state index contributed by atoms with van der Waals surface area (Å²) in [7, 11) is 1.56. The standard InChI is InChI=1S/C24H27FN6O3/c1-33-21-9-3-14-2-8-19(25)18(22(14)31-21)12-27-16-6-4-15(5-7-16)26-10-17-11-28-24-23(29-17)30-20(32)13-34-24/h2-3,8-9,11,15-16,26-27H,4-7,10,12-13H2,1H3,(H,29,30,32). The van der Waals surface area contributed by atoms with Crippen LogP contribution in [0.2, 0.25) is 0 Å². The topological polar surface area (TPSA) is 110 Å². The number of benzene rings is 1. The molecular formula is C24H27FN6O3. The van der Waals surface area contributed by atoms with Crippen molar-refractivity contribution >= 4 is 22.6 Å². The van der Waals surface area contributed by atoms with Gasteiger partial charge < -0.3 is 25.4 Å². The average molecular weight is 467 g/mol. The Morgan fingerprint density at radius 3 is 2.59 bits per heavy atom. The first-order chi connectivity index (χ1) is 16.6. The molecule has 1 saturated carbocycles. The zero-order valence-electron chi connectivity index (χ0n) is 18.9. The van der Waals surface area contributed by atoms with Crippen LogP contribution in [0.15, 0.2) is 30.5 Å². The third kappa shape index (κ3) is 4.92. The minimum atomic E-state index is -0.260. The minimum absolute atomic E-state index is 0.0333. The van der Waals surface area contributed by atoms with Gasteiger partial charge in [0.15, 0.2) is 12.4 Å². The smallest absolute Gasteiger partial charge is 0.263 e.